The van der Waals surface area contributed by atoms with Crippen molar-refractivity contribution in [3.05, 3.63) is 34.0 Å². The fourth-order valence-corrected chi connectivity index (χ4v) is 2.30. The first kappa shape index (κ1) is 10.4. The molecule has 0 spiro atoms. The number of rotatable bonds is 2. The Bertz CT molecular complexity index is 510. The van der Waals surface area contributed by atoms with Gasteiger partial charge in [-0.05, 0) is 22.0 Å². The minimum absolute atomic E-state index is 0.0135. The fraction of sp³-hybridized carbons (Fsp3) is 0.100. The molecule has 2 rings (SSSR count). The summed E-state index contributed by atoms with van der Waals surface area (Å²) in [4.78, 5) is 19.4. The smallest absolute Gasteiger partial charge is 0.178 e. The predicted octanol–water partition coefficient (Wildman–Crippen LogP) is 3.17. The summed E-state index contributed by atoms with van der Waals surface area (Å²) < 4.78 is 0.902. The van der Waals surface area contributed by atoms with E-state index >= 15 is 0 Å². The average Bonchev–Trinajstić information content (AvgIpc) is 2.66. The number of thiazole rings is 1. The van der Waals surface area contributed by atoms with Crippen LogP contribution >= 0.6 is 27.3 Å². The molecule has 0 radical (unpaired) electrons. The van der Waals surface area contributed by atoms with Gasteiger partial charge in [0.05, 0.1) is 0 Å². The molecule has 0 amide bonds. The summed E-state index contributed by atoms with van der Waals surface area (Å²) in [6.07, 6.45) is 3.44. The predicted molar refractivity (Wildman–Crippen MR) is 63.0 cm³/mol. The van der Waals surface area contributed by atoms with Crippen LogP contribution in [0.1, 0.15) is 17.4 Å². The molecule has 0 aromatic carbocycles. The van der Waals surface area contributed by atoms with Crippen LogP contribution in [-0.2, 0) is 0 Å². The number of Topliss-reactive ketones (excluding diaryl/α,β-unsaturated/α-hetero) is 1. The molecule has 0 aliphatic rings. The molecular weight excluding hydrogens is 276 g/mol. The summed E-state index contributed by atoms with van der Waals surface area (Å²) >= 11 is 4.79. The summed E-state index contributed by atoms with van der Waals surface area (Å²) in [6, 6.07) is 1.93. The SMILES string of the molecule is CC(=O)c1csc(-c2cncc(Br)c2)n1. The Balaban J connectivity index is 2.41. The van der Waals surface area contributed by atoms with Gasteiger partial charge in [-0.1, -0.05) is 0 Å². The number of nitrogens with zero attached hydrogens (tertiary/aromatic N) is 2. The zero-order chi connectivity index (χ0) is 10.8. The zero-order valence-electron chi connectivity index (χ0n) is 7.90. The number of halogens is 1. The van der Waals surface area contributed by atoms with Crippen molar-refractivity contribution in [2.24, 2.45) is 0 Å². The van der Waals surface area contributed by atoms with Crippen molar-refractivity contribution in [1.82, 2.24) is 9.97 Å². The van der Waals surface area contributed by atoms with Gasteiger partial charge in [0.1, 0.15) is 10.7 Å². The Hall–Kier alpha value is -1.07. The highest BCUT2D eigenvalue weighted by atomic mass is 79.9. The second-order valence-corrected chi connectivity index (χ2v) is 4.76. The van der Waals surface area contributed by atoms with Gasteiger partial charge in [0.2, 0.25) is 0 Å². The highest BCUT2D eigenvalue weighted by Gasteiger charge is 2.08. The van der Waals surface area contributed by atoms with Crippen LogP contribution < -0.4 is 0 Å². The van der Waals surface area contributed by atoms with Gasteiger partial charge in [-0.3, -0.25) is 9.78 Å². The lowest BCUT2D eigenvalue weighted by Crippen LogP contribution is -1.91. The molecule has 0 saturated carbocycles. The first-order valence-corrected chi connectivity index (χ1v) is 5.91. The van der Waals surface area contributed by atoms with Crippen LogP contribution in [0.25, 0.3) is 10.6 Å². The molecule has 2 aromatic heterocycles. The fourth-order valence-electron chi connectivity index (χ4n) is 1.10. The molecule has 15 heavy (non-hydrogen) atoms. The quantitative estimate of drug-likeness (QED) is 0.795. The molecule has 0 unspecified atom stereocenters. The molecule has 0 atom stereocenters. The maximum Gasteiger partial charge on any atom is 0.178 e. The Kier molecular flexibility index (Phi) is 2.93. The van der Waals surface area contributed by atoms with Crippen LogP contribution in [-0.4, -0.2) is 15.8 Å². The van der Waals surface area contributed by atoms with Crippen molar-refractivity contribution in [1.29, 1.82) is 0 Å². The molecule has 3 nitrogen and oxygen atoms in total. The summed E-state index contributed by atoms with van der Waals surface area (Å²) in [5, 5.41) is 2.58. The first-order chi connectivity index (χ1) is 7.16. The van der Waals surface area contributed by atoms with E-state index in [2.05, 4.69) is 25.9 Å². The van der Waals surface area contributed by atoms with Crippen LogP contribution in [0, 0.1) is 0 Å². The minimum atomic E-state index is -0.0135. The monoisotopic (exact) mass is 282 g/mol. The third-order valence-corrected chi connectivity index (χ3v) is 3.14. The summed E-state index contributed by atoms with van der Waals surface area (Å²) in [6.45, 7) is 1.51. The number of pyridine rings is 1. The molecule has 5 heteroatoms. The second kappa shape index (κ2) is 4.20. The van der Waals surface area contributed by atoms with Crippen LogP contribution in [0.2, 0.25) is 0 Å². The molecule has 0 aliphatic carbocycles. The molecule has 0 fully saturated rings. The molecule has 0 bridgehead atoms. The summed E-state index contributed by atoms with van der Waals surface area (Å²) in [5.41, 5.74) is 1.43. The molecule has 0 N–H and O–H groups in total. The summed E-state index contributed by atoms with van der Waals surface area (Å²) in [7, 11) is 0. The normalized spacial score (nSPS) is 10.3. The van der Waals surface area contributed by atoms with E-state index in [4.69, 9.17) is 0 Å². The van der Waals surface area contributed by atoms with E-state index in [1.54, 1.807) is 17.8 Å². The molecule has 2 aromatic rings. The van der Waals surface area contributed by atoms with E-state index in [-0.39, 0.29) is 5.78 Å². The van der Waals surface area contributed by atoms with E-state index in [9.17, 15) is 4.79 Å². The third-order valence-electron chi connectivity index (χ3n) is 1.82. The van der Waals surface area contributed by atoms with Crippen molar-refractivity contribution in [3.8, 4) is 10.6 Å². The van der Waals surface area contributed by atoms with Gasteiger partial charge < -0.3 is 0 Å². The maximum atomic E-state index is 11.1. The standard InChI is InChI=1S/C10H7BrN2OS/c1-6(14)9-5-15-10(13-9)7-2-8(11)4-12-3-7/h2-5H,1H3. The van der Waals surface area contributed by atoms with Crippen LogP contribution in [0.3, 0.4) is 0 Å². The van der Waals surface area contributed by atoms with Gasteiger partial charge >= 0.3 is 0 Å². The van der Waals surface area contributed by atoms with Crippen molar-refractivity contribution in [2.45, 2.75) is 6.92 Å². The average molecular weight is 283 g/mol. The molecule has 2 heterocycles. The van der Waals surface area contributed by atoms with Crippen LogP contribution in [0.4, 0.5) is 0 Å². The van der Waals surface area contributed by atoms with E-state index in [0.717, 1.165) is 15.0 Å². The Morgan fingerprint density at radius 1 is 1.47 bits per heavy atom. The molecule has 0 aliphatic heterocycles. The lowest BCUT2D eigenvalue weighted by Gasteiger charge is -1.95. The van der Waals surface area contributed by atoms with Gasteiger partial charge in [-0.15, -0.1) is 11.3 Å². The second-order valence-electron chi connectivity index (χ2n) is 2.99. The largest absolute Gasteiger partial charge is 0.293 e. The molecule has 76 valence electrons. The molecule has 0 saturated heterocycles. The first-order valence-electron chi connectivity index (χ1n) is 4.24. The number of carbonyl (C=O) groups is 1. The number of ketones is 1. The van der Waals surface area contributed by atoms with Crippen molar-refractivity contribution in [2.75, 3.05) is 0 Å². The van der Waals surface area contributed by atoms with Crippen LogP contribution in [0.15, 0.2) is 28.3 Å². The van der Waals surface area contributed by atoms with Crippen molar-refractivity contribution < 1.29 is 4.79 Å². The minimum Gasteiger partial charge on any atom is -0.293 e. The van der Waals surface area contributed by atoms with Crippen molar-refractivity contribution >= 4 is 33.0 Å². The number of hydrogen-bond donors (Lipinski definition) is 0. The van der Waals surface area contributed by atoms with Gasteiger partial charge in [-0.25, -0.2) is 4.98 Å². The number of carbonyl (C=O) groups excluding carboxylic acids is 1. The van der Waals surface area contributed by atoms with Gasteiger partial charge in [-0.2, -0.15) is 0 Å². The Morgan fingerprint density at radius 3 is 2.87 bits per heavy atom. The maximum absolute atomic E-state index is 11.1. The third kappa shape index (κ3) is 2.30. The van der Waals surface area contributed by atoms with Crippen molar-refractivity contribution in [3.63, 3.8) is 0 Å². The van der Waals surface area contributed by atoms with Gasteiger partial charge in [0.15, 0.2) is 5.78 Å². The van der Waals surface area contributed by atoms with Gasteiger partial charge in [0, 0.05) is 34.7 Å². The highest BCUT2D eigenvalue weighted by Crippen LogP contribution is 2.25. The zero-order valence-corrected chi connectivity index (χ0v) is 10.3. The molecular formula is C10H7BrN2OS. The Morgan fingerprint density at radius 2 is 2.27 bits per heavy atom. The van der Waals surface area contributed by atoms with E-state index < -0.39 is 0 Å². The lowest BCUT2D eigenvalue weighted by atomic mass is 10.3. The highest BCUT2D eigenvalue weighted by molar-refractivity contribution is 9.10. The van der Waals surface area contributed by atoms with E-state index in [1.165, 1.54) is 18.3 Å². The van der Waals surface area contributed by atoms with E-state index in [1.807, 2.05) is 6.07 Å². The summed E-state index contributed by atoms with van der Waals surface area (Å²) in [5.74, 6) is -0.0135. The number of hydrogen-bond acceptors (Lipinski definition) is 4. The van der Waals surface area contributed by atoms with Crippen LogP contribution in [0.5, 0.6) is 0 Å². The van der Waals surface area contributed by atoms with E-state index in [0.29, 0.717) is 5.69 Å². The topological polar surface area (TPSA) is 42.9 Å². The lowest BCUT2D eigenvalue weighted by molar-refractivity contribution is 0.101. The van der Waals surface area contributed by atoms with Gasteiger partial charge in [0.25, 0.3) is 0 Å². The Labute approximate surface area is 99.3 Å². The number of aromatic nitrogens is 2.